The second-order valence-electron chi connectivity index (χ2n) is 3.63. The molecule has 1 amide bonds. The lowest BCUT2D eigenvalue weighted by Crippen LogP contribution is -3.02. The molecule has 2 rings (SSSR count). The van der Waals surface area contributed by atoms with Crippen LogP contribution < -0.4 is 5.06 Å². The summed E-state index contributed by atoms with van der Waals surface area (Å²) >= 11 is 0.949. The summed E-state index contributed by atoms with van der Waals surface area (Å²) in [7, 11) is 1.35. The molecule has 0 fully saturated rings. The summed E-state index contributed by atoms with van der Waals surface area (Å²) in [6.45, 7) is 0. The average Bonchev–Trinajstić information content (AvgIpc) is 2.62. The highest BCUT2D eigenvalue weighted by Gasteiger charge is 2.28. The van der Waals surface area contributed by atoms with Gasteiger partial charge >= 0.3 is 11.2 Å². The Hall–Kier alpha value is -1.37. The van der Waals surface area contributed by atoms with Crippen LogP contribution in [0.3, 0.4) is 0 Å². The summed E-state index contributed by atoms with van der Waals surface area (Å²) < 4.78 is 4.55. The van der Waals surface area contributed by atoms with Crippen LogP contribution in [0, 0.1) is 5.21 Å². The van der Waals surface area contributed by atoms with Crippen molar-refractivity contribution in [2.24, 2.45) is 0 Å². The first-order valence-corrected chi connectivity index (χ1v) is 5.89. The van der Waals surface area contributed by atoms with Gasteiger partial charge in [0.25, 0.3) is 0 Å². The number of nitrogens with one attached hydrogen (secondary N) is 1. The molecule has 0 radical (unpaired) electrons. The van der Waals surface area contributed by atoms with E-state index in [4.69, 9.17) is 0 Å². The number of aryl methyl sites for hydroxylation is 1. The number of amides is 1. The van der Waals surface area contributed by atoms with Crippen molar-refractivity contribution in [1.29, 1.82) is 0 Å². The van der Waals surface area contributed by atoms with E-state index in [9.17, 15) is 14.8 Å². The summed E-state index contributed by atoms with van der Waals surface area (Å²) in [5.41, 5.74) is 1.38. The maximum atomic E-state index is 11.4. The zero-order valence-corrected chi connectivity index (χ0v) is 10.0. The van der Waals surface area contributed by atoms with E-state index in [1.165, 1.54) is 7.11 Å². The Bertz CT molecular complexity index is 475. The smallest absolute Gasteiger partial charge is 0.383 e. The van der Waals surface area contributed by atoms with Crippen molar-refractivity contribution in [3.63, 3.8) is 0 Å². The first-order chi connectivity index (χ1) is 8.11. The molecule has 1 aliphatic heterocycles. The van der Waals surface area contributed by atoms with Crippen LogP contribution in [0.5, 0.6) is 0 Å². The van der Waals surface area contributed by atoms with Gasteiger partial charge in [-0.1, -0.05) is 6.07 Å². The Kier molecular flexibility index (Phi) is 3.46. The van der Waals surface area contributed by atoms with Gasteiger partial charge in [-0.3, -0.25) is 9.86 Å². The lowest BCUT2D eigenvalue weighted by Gasteiger charge is -2.11. The molecule has 90 valence electrons. The number of rotatable bonds is 3. The van der Waals surface area contributed by atoms with E-state index in [0.29, 0.717) is 23.4 Å². The van der Waals surface area contributed by atoms with Crippen molar-refractivity contribution >= 4 is 28.7 Å². The molecule has 6 heteroatoms. The summed E-state index contributed by atoms with van der Waals surface area (Å²) in [6, 6.07) is 5.19. The van der Waals surface area contributed by atoms with Crippen molar-refractivity contribution in [1.82, 2.24) is 0 Å². The van der Waals surface area contributed by atoms with Gasteiger partial charge in [-0.25, -0.2) is 4.79 Å². The molecule has 17 heavy (non-hydrogen) atoms. The zero-order valence-electron chi connectivity index (χ0n) is 9.19. The standard InChI is InChI=1S/C11H11NO4S/c1-16-10(13)5-3-7-2-4-8-9(6-7)17-11(14)12(8)15/h2,4,6,12H,3,5H2,1H3. The van der Waals surface area contributed by atoms with Crippen molar-refractivity contribution in [3.8, 4) is 0 Å². The van der Waals surface area contributed by atoms with E-state index in [0.717, 1.165) is 17.3 Å². The Balaban J connectivity index is 2.11. The third-order valence-corrected chi connectivity index (χ3v) is 3.45. The molecule has 0 bridgehead atoms. The van der Waals surface area contributed by atoms with Crippen LogP contribution in [0.15, 0.2) is 23.1 Å². The summed E-state index contributed by atoms with van der Waals surface area (Å²) in [6.07, 6.45) is 0.838. The largest absolute Gasteiger partial charge is 0.621 e. The Morgan fingerprint density at radius 2 is 2.29 bits per heavy atom. The number of ether oxygens (including phenoxy) is 1. The Morgan fingerprint density at radius 1 is 1.53 bits per heavy atom. The third kappa shape index (κ3) is 2.49. The number of hydrogen-bond donors (Lipinski definition) is 1. The number of esters is 1. The number of benzene rings is 1. The minimum absolute atomic E-state index is 0.273. The second kappa shape index (κ2) is 4.87. The fourth-order valence-electron chi connectivity index (χ4n) is 1.60. The van der Waals surface area contributed by atoms with E-state index < -0.39 is 10.3 Å². The molecule has 5 nitrogen and oxygen atoms in total. The molecule has 0 aliphatic carbocycles. The first kappa shape index (κ1) is 12.1. The topological polar surface area (TPSA) is 70.9 Å². The van der Waals surface area contributed by atoms with Crippen LogP contribution in [0.1, 0.15) is 12.0 Å². The van der Waals surface area contributed by atoms with E-state index >= 15 is 0 Å². The highest BCUT2D eigenvalue weighted by atomic mass is 32.2. The molecule has 1 aromatic rings. The lowest BCUT2D eigenvalue weighted by molar-refractivity contribution is -0.671. The predicted octanol–water partition coefficient (Wildman–Crippen LogP) is 1.03. The van der Waals surface area contributed by atoms with Gasteiger partial charge < -0.3 is 9.94 Å². The molecule has 1 heterocycles. The fraction of sp³-hybridized carbons (Fsp3) is 0.273. The number of methoxy groups -OCH3 is 1. The summed E-state index contributed by atoms with van der Waals surface area (Å²) in [5, 5.41) is 10.5. The van der Waals surface area contributed by atoms with Crippen molar-refractivity contribution < 1.29 is 19.4 Å². The van der Waals surface area contributed by atoms with Gasteiger partial charge in [-0.05, 0) is 18.1 Å². The van der Waals surface area contributed by atoms with Gasteiger partial charge in [0.05, 0.1) is 12.0 Å². The molecular weight excluding hydrogens is 242 g/mol. The van der Waals surface area contributed by atoms with Crippen molar-refractivity contribution in [2.45, 2.75) is 17.7 Å². The number of thioether (sulfide) groups is 1. The monoisotopic (exact) mass is 253 g/mol. The van der Waals surface area contributed by atoms with E-state index in [1.54, 1.807) is 18.2 Å². The predicted molar refractivity (Wildman–Crippen MR) is 62.0 cm³/mol. The minimum atomic E-state index is -0.440. The quantitative estimate of drug-likeness (QED) is 0.643. The third-order valence-electron chi connectivity index (χ3n) is 2.52. The highest BCUT2D eigenvalue weighted by molar-refractivity contribution is 8.13. The summed E-state index contributed by atoms with van der Waals surface area (Å²) in [5.74, 6) is -0.273. The van der Waals surface area contributed by atoms with Crippen LogP contribution in [-0.4, -0.2) is 18.3 Å². The van der Waals surface area contributed by atoms with E-state index in [2.05, 4.69) is 4.74 Å². The van der Waals surface area contributed by atoms with Gasteiger partial charge in [0, 0.05) is 24.2 Å². The maximum Gasteiger partial charge on any atom is 0.383 e. The molecule has 1 atom stereocenters. The SMILES string of the molecule is COC(=O)CCc1ccc2c(c1)SC(=O)[NH+]2[O-]. The molecule has 1 aromatic carbocycles. The molecule has 0 saturated carbocycles. The van der Waals surface area contributed by atoms with Crippen molar-refractivity contribution in [3.05, 3.63) is 29.0 Å². The van der Waals surface area contributed by atoms with Gasteiger partial charge in [0.1, 0.15) is 0 Å². The van der Waals surface area contributed by atoms with Crippen LogP contribution in [0.25, 0.3) is 0 Å². The number of hydroxylamine groups is 1. The minimum Gasteiger partial charge on any atom is -0.621 e. The van der Waals surface area contributed by atoms with Gasteiger partial charge in [0.15, 0.2) is 5.69 Å². The zero-order chi connectivity index (χ0) is 12.4. The Labute approximate surface area is 102 Å². The van der Waals surface area contributed by atoms with Crippen LogP contribution >= 0.6 is 11.8 Å². The van der Waals surface area contributed by atoms with Crippen LogP contribution in [-0.2, 0) is 16.0 Å². The molecule has 0 spiro atoms. The molecule has 1 N–H and O–H groups in total. The first-order valence-electron chi connectivity index (χ1n) is 5.08. The molecule has 1 unspecified atom stereocenters. The van der Waals surface area contributed by atoms with Crippen LogP contribution in [0.2, 0.25) is 0 Å². The van der Waals surface area contributed by atoms with Crippen LogP contribution in [0.4, 0.5) is 10.5 Å². The molecule has 0 saturated heterocycles. The second-order valence-corrected chi connectivity index (χ2v) is 4.64. The summed E-state index contributed by atoms with van der Waals surface area (Å²) in [4.78, 5) is 22.9. The lowest BCUT2D eigenvalue weighted by atomic mass is 10.1. The van der Waals surface area contributed by atoms with E-state index in [-0.39, 0.29) is 5.97 Å². The molecule has 1 aliphatic rings. The van der Waals surface area contributed by atoms with Gasteiger partial charge in [-0.15, -0.1) is 0 Å². The van der Waals surface area contributed by atoms with E-state index in [1.807, 2.05) is 0 Å². The fourth-order valence-corrected chi connectivity index (χ4v) is 2.48. The number of quaternary nitrogens is 1. The molecule has 0 aromatic heterocycles. The Morgan fingerprint density at radius 3 is 3.00 bits per heavy atom. The van der Waals surface area contributed by atoms with Gasteiger partial charge in [-0.2, -0.15) is 0 Å². The average molecular weight is 253 g/mol. The maximum absolute atomic E-state index is 11.4. The number of carbonyl (C=O) groups excluding carboxylic acids is 2. The number of fused-ring (bicyclic) bond motifs is 1. The normalized spacial score (nSPS) is 18.0. The molecular formula is C11H11NO4S. The van der Waals surface area contributed by atoms with Gasteiger partial charge in [0.2, 0.25) is 0 Å². The number of hydrogen-bond acceptors (Lipinski definition) is 5. The highest BCUT2D eigenvalue weighted by Crippen LogP contribution is 2.31. The number of carbonyl (C=O) groups is 2. The van der Waals surface area contributed by atoms with Crippen molar-refractivity contribution in [2.75, 3.05) is 7.11 Å².